The molecule has 0 fully saturated rings. The van der Waals surface area contributed by atoms with E-state index in [4.69, 9.17) is 33.9 Å². The van der Waals surface area contributed by atoms with Crippen LogP contribution < -0.4 is 0 Å². The van der Waals surface area contributed by atoms with E-state index in [1.807, 2.05) is 13.8 Å². The number of ether oxygens (including phenoxy) is 2. The minimum atomic E-state index is -1.61. The van der Waals surface area contributed by atoms with E-state index in [0.717, 1.165) is 12.8 Å². The van der Waals surface area contributed by atoms with Crippen molar-refractivity contribution in [2.45, 2.75) is 66.5 Å². The molecule has 0 saturated carbocycles. The second-order valence-corrected chi connectivity index (χ2v) is 8.73. The zero-order valence-corrected chi connectivity index (χ0v) is 18.5. The van der Waals surface area contributed by atoms with E-state index >= 15 is 0 Å². The van der Waals surface area contributed by atoms with E-state index in [1.54, 1.807) is 8.61 Å². The number of hydrogen-bond donors (Lipinski definition) is 0. The molecule has 0 N–H and O–H groups in total. The lowest BCUT2D eigenvalue weighted by atomic mass is 10.1. The first kappa shape index (κ1) is 23.5. The topological polar surface area (TPSA) is 42.0 Å². The van der Waals surface area contributed by atoms with Gasteiger partial charge in [-0.05, 0) is 63.0 Å². The fraction of sp³-hybridized carbons (Fsp3) is 0.875. The summed E-state index contributed by atoms with van der Waals surface area (Å²) in [6, 6.07) is -0.0987. The van der Waals surface area contributed by atoms with Crippen LogP contribution in [0, 0.1) is 11.8 Å². The van der Waals surface area contributed by atoms with Crippen LogP contribution in [0.2, 0.25) is 0 Å². The molecular weight excluding hydrogens is 364 g/mol. The van der Waals surface area contributed by atoms with Crippen LogP contribution in [0.5, 0.6) is 0 Å². The molecule has 2 atom stereocenters. The van der Waals surface area contributed by atoms with Crippen molar-refractivity contribution in [1.29, 1.82) is 0 Å². The van der Waals surface area contributed by atoms with Crippen molar-refractivity contribution in [1.82, 2.24) is 8.61 Å². The summed E-state index contributed by atoms with van der Waals surface area (Å²) < 4.78 is 27.0. The molecule has 0 spiro atoms. The summed E-state index contributed by atoms with van der Waals surface area (Å²) in [7, 11) is 2.98. The van der Waals surface area contributed by atoms with Gasteiger partial charge in [0.05, 0.1) is 14.2 Å². The van der Waals surface area contributed by atoms with Crippen LogP contribution in [-0.2, 0) is 20.6 Å². The molecule has 0 aliphatic heterocycles. The Morgan fingerprint density at radius 3 is 1.33 bits per heavy atom. The Kier molecular flexibility index (Phi) is 11.0. The van der Waals surface area contributed by atoms with Crippen molar-refractivity contribution in [3.63, 3.8) is 0 Å². The van der Waals surface area contributed by atoms with Gasteiger partial charge in [0.1, 0.15) is 0 Å². The third-order valence-electron chi connectivity index (χ3n) is 3.47. The molecular formula is C16H32N2O3S3. The van der Waals surface area contributed by atoms with Gasteiger partial charge in [-0.25, -0.2) is 12.8 Å². The van der Waals surface area contributed by atoms with Gasteiger partial charge in [-0.3, -0.25) is 0 Å². The molecule has 0 aliphatic carbocycles. The maximum atomic E-state index is 13.3. The lowest BCUT2D eigenvalue weighted by molar-refractivity contribution is 0.281. The summed E-state index contributed by atoms with van der Waals surface area (Å²) in [4.78, 5) is 0. The van der Waals surface area contributed by atoms with Crippen molar-refractivity contribution in [3.05, 3.63) is 0 Å². The van der Waals surface area contributed by atoms with E-state index in [0.29, 0.717) is 11.8 Å². The average Bonchev–Trinajstić information content (AvgIpc) is 2.45. The van der Waals surface area contributed by atoms with Crippen LogP contribution in [0.15, 0.2) is 0 Å². The predicted octanol–water partition coefficient (Wildman–Crippen LogP) is 3.90. The fourth-order valence-corrected chi connectivity index (χ4v) is 4.75. The van der Waals surface area contributed by atoms with Crippen LogP contribution in [0.1, 0.15) is 54.4 Å². The molecule has 24 heavy (non-hydrogen) atoms. The summed E-state index contributed by atoms with van der Waals surface area (Å²) in [5, 5.41) is 0.393. The zero-order valence-electron chi connectivity index (χ0n) is 16.1. The highest BCUT2D eigenvalue weighted by Gasteiger charge is 2.34. The Morgan fingerprint density at radius 1 is 0.833 bits per heavy atom. The Hall–Kier alpha value is -0.470. The van der Waals surface area contributed by atoms with Crippen LogP contribution in [0.25, 0.3) is 0 Å². The largest absolute Gasteiger partial charge is 0.474 e. The van der Waals surface area contributed by atoms with Crippen LogP contribution >= 0.6 is 24.4 Å². The minimum absolute atomic E-state index is 0.0494. The second-order valence-electron chi connectivity index (χ2n) is 6.78. The van der Waals surface area contributed by atoms with E-state index in [9.17, 15) is 4.21 Å². The van der Waals surface area contributed by atoms with E-state index in [-0.39, 0.29) is 22.4 Å². The van der Waals surface area contributed by atoms with Crippen LogP contribution in [0.3, 0.4) is 0 Å². The molecule has 0 amide bonds. The van der Waals surface area contributed by atoms with E-state index < -0.39 is 11.2 Å². The van der Waals surface area contributed by atoms with E-state index in [2.05, 4.69) is 27.7 Å². The summed E-state index contributed by atoms with van der Waals surface area (Å²) in [6.07, 6.45) is 1.67. The lowest BCUT2D eigenvalue weighted by Gasteiger charge is -2.37. The third-order valence-corrected chi connectivity index (χ3v) is 6.15. The van der Waals surface area contributed by atoms with Gasteiger partial charge in [0.25, 0.3) is 10.3 Å². The third kappa shape index (κ3) is 7.19. The molecule has 8 heteroatoms. The average molecular weight is 397 g/mol. The van der Waals surface area contributed by atoms with Gasteiger partial charge in [0.15, 0.2) is 0 Å². The standard InChI is InChI=1S/C16H32N2O3S3/c1-11(2)9-13(5)17(15(22)20-7)24(19)18(16(23)21-8)14(6)10-12(3)4/h11-14H,9-10H2,1-8H3. The van der Waals surface area contributed by atoms with Gasteiger partial charge in [0, 0.05) is 12.1 Å². The van der Waals surface area contributed by atoms with Crippen LogP contribution in [-0.4, -0.2) is 49.5 Å². The molecule has 0 saturated heterocycles. The zero-order chi connectivity index (χ0) is 19.0. The first-order valence-corrected chi connectivity index (χ1v) is 10.1. The summed E-state index contributed by atoms with van der Waals surface area (Å²) >= 11 is 8.98. The molecule has 0 aliphatic rings. The summed E-state index contributed by atoms with van der Waals surface area (Å²) in [6.45, 7) is 12.5. The predicted molar refractivity (Wildman–Crippen MR) is 109 cm³/mol. The number of rotatable bonds is 8. The molecule has 0 rings (SSSR count). The highest BCUT2D eigenvalue weighted by molar-refractivity contribution is 7.87. The molecule has 0 radical (unpaired) electrons. The SMILES string of the molecule is COC(=S)N(C(C)CC(C)C)S(=O)N(C(=S)OC)C(C)CC(C)C. The Bertz CT molecular complexity index is 406. The van der Waals surface area contributed by atoms with Gasteiger partial charge >= 0.3 is 0 Å². The van der Waals surface area contributed by atoms with Crippen molar-refractivity contribution in [2.24, 2.45) is 11.8 Å². The summed E-state index contributed by atoms with van der Waals surface area (Å²) in [5.41, 5.74) is 0. The van der Waals surface area contributed by atoms with Crippen LogP contribution in [0.4, 0.5) is 0 Å². The maximum absolute atomic E-state index is 13.3. The van der Waals surface area contributed by atoms with Crippen molar-refractivity contribution in [3.8, 4) is 0 Å². The maximum Gasteiger partial charge on any atom is 0.272 e. The van der Waals surface area contributed by atoms with Crippen molar-refractivity contribution >= 4 is 46.0 Å². The molecule has 0 aromatic heterocycles. The lowest BCUT2D eigenvalue weighted by Crippen LogP contribution is -2.51. The van der Waals surface area contributed by atoms with Crippen molar-refractivity contribution in [2.75, 3.05) is 14.2 Å². The Balaban J connectivity index is 5.64. The monoisotopic (exact) mass is 396 g/mol. The molecule has 0 aromatic carbocycles. The number of methoxy groups -OCH3 is 2. The molecule has 142 valence electrons. The fourth-order valence-electron chi connectivity index (χ4n) is 2.63. The van der Waals surface area contributed by atoms with Gasteiger partial charge in [0.2, 0.25) is 11.2 Å². The number of nitrogens with zero attached hydrogens (tertiary/aromatic N) is 2. The summed E-state index contributed by atoms with van der Waals surface area (Å²) in [5.74, 6) is 0.880. The first-order chi connectivity index (χ1) is 11.1. The van der Waals surface area contributed by atoms with Gasteiger partial charge < -0.3 is 9.47 Å². The molecule has 5 nitrogen and oxygen atoms in total. The minimum Gasteiger partial charge on any atom is -0.474 e. The molecule has 0 bridgehead atoms. The quantitative estimate of drug-likeness (QED) is 0.582. The second kappa shape index (κ2) is 11.2. The normalized spacial score (nSPS) is 14.9. The highest BCUT2D eigenvalue weighted by atomic mass is 32.2. The molecule has 0 heterocycles. The first-order valence-electron chi connectivity index (χ1n) is 8.23. The number of thiocarbonyl (C=S) groups is 2. The van der Waals surface area contributed by atoms with E-state index in [1.165, 1.54) is 14.2 Å². The van der Waals surface area contributed by atoms with Gasteiger partial charge in [-0.1, -0.05) is 27.7 Å². The Morgan fingerprint density at radius 2 is 1.12 bits per heavy atom. The molecule has 2 unspecified atom stereocenters. The highest BCUT2D eigenvalue weighted by Crippen LogP contribution is 2.21. The molecule has 0 aromatic rings. The Labute approximate surface area is 160 Å². The smallest absolute Gasteiger partial charge is 0.272 e. The number of hydrogen-bond acceptors (Lipinski definition) is 5. The van der Waals surface area contributed by atoms with Gasteiger partial charge in [-0.2, -0.15) is 0 Å². The van der Waals surface area contributed by atoms with Crippen molar-refractivity contribution < 1.29 is 13.7 Å². The van der Waals surface area contributed by atoms with Gasteiger partial charge in [-0.15, -0.1) is 0 Å².